The molecule has 0 saturated carbocycles. The van der Waals surface area contributed by atoms with Gasteiger partial charge in [0.05, 0.1) is 5.02 Å². The summed E-state index contributed by atoms with van der Waals surface area (Å²) in [4.78, 5) is 3.98. The summed E-state index contributed by atoms with van der Waals surface area (Å²) in [5.41, 5.74) is 0.756. The molecule has 1 N–H and O–H groups in total. The van der Waals surface area contributed by atoms with E-state index in [1.54, 1.807) is 18.2 Å². The lowest BCUT2D eigenvalue weighted by Gasteiger charge is -1.99. The fraction of sp³-hybridized carbons (Fsp3) is 0. The van der Waals surface area contributed by atoms with Crippen LogP contribution in [-0.2, 0) is 0 Å². The molecule has 0 saturated heterocycles. The standard InChI is InChI=1S/C8H5Cl2N3/c9-5-1-2-7(10)6(3-5)8-11-4-12-13-8/h1-4H,(H,11,12,13). The lowest BCUT2D eigenvalue weighted by molar-refractivity contribution is 1.10. The minimum Gasteiger partial charge on any atom is -0.259 e. The van der Waals surface area contributed by atoms with Crippen LogP contribution in [0.1, 0.15) is 0 Å². The third-order valence-corrected chi connectivity index (χ3v) is 2.16. The van der Waals surface area contributed by atoms with E-state index in [1.807, 2.05) is 0 Å². The number of aromatic amines is 1. The van der Waals surface area contributed by atoms with Gasteiger partial charge in [0, 0.05) is 10.6 Å². The second kappa shape index (κ2) is 3.36. The van der Waals surface area contributed by atoms with Crippen molar-refractivity contribution in [2.75, 3.05) is 0 Å². The second-order valence-electron chi connectivity index (χ2n) is 2.46. The summed E-state index contributed by atoms with van der Waals surface area (Å²) in [7, 11) is 0. The first kappa shape index (κ1) is 8.53. The molecule has 0 aliphatic carbocycles. The minimum atomic E-state index is 0.598. The number of nitrogens with zero attached hydrogens (tertiary/aromatic N) is 2. The number of aromatic nitrogens is 3. The van der Waals surface area contributed by atoms with Crippen molar-refractivity contribution >= 4 is 23.2 Å². The topological polar surface area (TPSA) is 41.6 Å². The highest BCUT2D eigenvalue weighted by atomic mass is 35.5. The van der Waals surface area contributed by atoms with Crippen LogP contribution in [0.15, 0.2) is 24.5 Å². The first-order valence-electron chi connectivity index (χ1n) is 3.58. The number of rotatable bonds is 1. The largest absolute Gasteiger partial charge is 0.259 e. The number of hydrogen-bond donors (Lipinski definition) is 1. The Balaban J connectivity index is 2.57. The molecular formula is C8H5Cl2N3. The van der Waals surface area contributed by atoms with Crippen LogP contribution in [0.2, 0.25) is 10.0 Å². The van der Waals surface area contributed by atoms with E-state index in [0.29, 0.717) is 15.9 Å². The Kier molecular flexibility index (Phi) is 2.20. The van der Waals surface area contributed by atoms with Crippen molar-refractivity contribution in [3.05, 3.63) is 34.6 Å². The lowest BCUT2D eigenvalue weighted by atomic mass is 10.2. The van der Waals surface area contributed by atoms with Gasteiger partial charge < -0.3 is 0 Å². The van der Waals surface area contributed by atoms with Crippen LogP contribution in [0.5, 0.6) is 0 Å². The van der Waals surface area contributed by atoms with Crippen molar-refractivity contribution in [2.24, 2.45) is 0 Å². The van der Waals surface area contributed by atoms with Gasteiger partial charge in [0.15, 0.2) is 5.82 Å². The van der Waals surface area contributed by atoms with Gasteiger partial charge in [0.25, 0.3) is 0 Å². The van der Waals surface area contributed by atoms with Crippen molar-refractivity contribution in [2.45, 2.75) is 0 Å². The molecule has 0 unspecified atom stereocenters. The van der Waals surface area contributed by atoms with Crippen molar-refractivity contribution in [3.8, 4) is 11.4 Å². The Morgan fingerprint density at radius 1 is 1.23 bits per heavy atom. The molecule has 0 amide bonds. The highest BCUT2D eigenvalue weighted by molar-refractivity contribution is 6.35. The van der Waals surface area contributed by atoms with Crippen molar-refractivity contribution in [1.29, 1.82) is 0 Å². The fourth-order valence-corrected chi connectivity index (χ4v) is 1.39. The molecule has 0 aliphatic heterocycles. The van der Waals surface area contributed by atoms with Gasteiger partial charge in [-0.05, 0) is 18.2 Å². The number of nitrogens with one attached hydrogen (secondary N) is 1. The zero-order valence-corrected chi connectivity index (χ0v) is 7.97. The molecule has 1 aromatic heterocycles. The molecule has 2 rings (SSSR count). The summed E-state index contributed by atoms with van der Waals surface area (Å²) in [5, 5.41) is 7.67. The summed E-state index contributed by atoms with van der Waals surface area (Å²) >= 11 is 11.8. The summed E-state index contributed by atoms with van der Waals surface area (Å²) in [6.07, 6.45) is 1.42. The van der Waals surface area contributed by atoms with Crippen molar-refractivity contribution in [1.82, 2.24) is 15.2 Å². The summed E-state index contributed by atoms with van der Waals surface area (Å²) in [6, 6.07) is 5.19. The molecule has 5 heteroatoms. The number of H-pyrrole nitrogens is 1. The smallest absolute Gasteiger partial charge is 0.156 e. The molecule has 0 fully saturated rings. The maximum absolute atomic E-state index is 5.94. The Bertz CT molecular complexity index is 411. The average Bonchev–Trinajstić information content (AvgIpc) is 2.61. The predicted molar refractivity (Wildman–Crippen MR) is 51.8 cm³/mol. The highest BCUT2D eigenvalue weighted by Gasteiger charge is 2.05. The molecule has 0 aliphatic rings. The van der Waals surface area contributed by atoms with Crippen molar-refractivity contribution < 1.29 is 0 Å². The van der Waals surface area contributed by atoms with E-state index in [0.717, 1.165) is 5.56 Å². The number of hydrogen-bond acceptors (Lipinski definition) is 2. The summed E-state index contributed by atoms with van der Waals surface area (Å²) < 4.78 is 0. The Hall–Kier alpha value is -1.06. The summed E-state index contributed by atoms with van der Waals surface area (Å²) in [6.45, 7) is 0. The van der Waals surface area contributed by atoms with Gasteiger partial charge in [-0.3, -0.25) is 5.10 Å². The maximum atomic E-state index is 5.94. The molecule has 0 radical (unpaired) electrons. The third-order valence-electron chi connectivity index (χ3n) is 1.60. The molecule has 1 heterocycles. The van der Waals surface area contributed by atoms with E-state index in [-0.39, 0.29) is 0 Å². The maximum Gasteiger partial charge on any atom is 0.156 e. The van der Waals surface area contributed by atoms with Crippen LogP contribution in [0.3, 0.4) is 0 Å². The molecule has 0 bridgehead atoms. The van der Waals surface area contributed by atoms with Crippen LogP contribution >= 0.6 is 23.2 Å². The Labute approximate surface area is 84.7 Å². The molecule has 66 valence electrons. The second-order valence-corrected chi connectivity index (χ2v) is 3.30. The first-order chi connectivity index (χ1) is 6.27. The SMILES string of the molecule is Clc1ccc(Cl)c(-c2ncn[nH]2)c1. The van der Waals surface area contributed by atoms with Gasteiger partial charge in [0.2, 0.25) is 0 Å². The third kappa shape index (κ3) is 1.66. The monoisotopic (exact) mass is 213 g/mol. The zero-order chi connectivity index (χ0) is 9.26. The molecule has 13 heavy (non-hydrogen) atoms. The van der Waals surface area contributed by atoms with E-state index in [4.69, 9.17) is 23.2 Å². The first-order valence-corrected chi connectivity index (χ1v) is 4.34. The van der Waals surface area contributed by atoms with E-state index in [1.165, 1.54) is 6.33 Å². The molecule has 0 atom stereocenters. The molecule has 3 nitrogen and oxygen atoms in total. The van der Waals surface area contributed by atoms with E-state index < -0.39 is 0 Å². The number of benzene rings is 1. The lowest BCUT2D eigenvalue weighted by Crippen LogP contribution is -1.82. The normalized spacial score (nSPS) is 10.3. The Morgan fingerprint density at radius 3 is 2.77 bits per heavy atom. The van der Waals surface area contributed by atoms with Gasteiger partial charge in [0.1, 0.15) is 6.33 Å². The van der Waals surface area contributed by atoms with E-state index in [2.05, 4.69) is 15.2 Å². The average molecular weight is 214 g/mol. The van der Waals surface area contributed by atoms with Gasteiger partial charge >= 0.3 is 0 Å². The Morgan fingerprint density at radius 2 is 2.08 bits per heavy atom. The van der Waals surface area contributed by atoms with Crippen LogP contribution in [-0.4, -0.2) is 15.2 Å². The van der Waals surface area contributed by atoms with Crippen LogP contribution in [0, 0.1) is 0 Å². The van der Waals surface area contributed by atoms with Gasteiger partial charge in [-0.15, -0.1) is 0 Å². The zero-order valence-electron chi connectivity index (χ0n) is 6.46. The van der Waals surface area contributed by atoms with Crippen LogP contribution in [0.25, 0.3) is 11.4 Å². The predicted octanol–water partition coefficient (Wildman–Crippen LogP) is 2.78. The molecular weight excluding hydrogens is 209 g/mol. The molecule has 1 aromatic carbocycles. The highest BCUT2D eigenvalue weighted by Crippen LogP contribution is 2.27. The molecule has 0 spiro atoms. The minimum absolute atomic E-state index is 0.598. The summed E-state index contributed by atoms with van der Waals surface area (Å²) in [5.74, 6) is 0.618. The number of halogens is 2. The van der Waals surface area contributed by atoms with Crippen molar-refractivity contribution in [3.63, 3.8) is 0 Å². The van der Waals surface area contributed by atoms with Crippen LogP contribution < -0.4 is 0 Å². The van der Waals surface area contributed by atoms with Gasteiger partial charge in [-0.2, -0.15) is 5.10 Å². The van der Waals surface area contributed by atoms with E-state index >= 15 is 0 Å². The van der Waals surface area contributed by atoms with Gasteiger partial charge in [-0.1, -0.05) is 23.2 Å². The van der Waals surface area contributed by atoms with Crippen LogP contribution in [0.4, 0.5) is 0 Å². The van der Waals surface area contributed by atoms with Gasteiger partial charge in [-0.25, -0.2) is 4.98 Å². The quantitative estimate of drug-likeness (QED) is 0.792. The fourth-order valence-electron chi connectivity index (χ4n) is 1.01. The van der Waals surface area contributed by atoms with E-state index in [9.17, 15) is 0 Å². The molecule has 2 aromatic rings.